The molecule has 2 heterocycles. The molecular weight excluding hydrogens is 358 g/mol. The third-order valence-electron chi connectivity index (χ3n) is 5.01. The molecule has 0 saturated carbocycles. The fourth-order valence-corrected chi connectivity index (χ4v) is 3.77. The number of benzene rings is 1. The van der Waals surface area contributed by atoms with Gasteiger partial charge in [-0.3, -0.25) is 4.90 Å². The van der Waals surface area contributed by atoms with Gasteiger partial charge in [-0.25, -0.2) is 9.59 Å². The smallest absolute Gasteiger partial charge is 0.338 e. The fourth-order valence-electron chi connectivity index (χ4n) is 3.77. The summed E-state index contributed by atoms with van der Waals surface area (Å²) in [4.78, 5) is 27.6. The monoisotopic (exact) mass is 387 g/mol. The summed E-state index contributed by atoms with van der Waals surface area (Å²) in [6.45, 7) is 6.89. The van der Waals surface area contributed by atoms with Gasteiger partial charge in [0, 0.05) is 17.8 Å². The van der Waals surface area contributed by atoms with E-state index in [1.807, 2.05) is 31.2 Å². The quantitative estimate of drug-likeness (QED) is 0.704. The normalized spacial score (nSPS) is 20.4. The summed E-state index contributed by atoms with van der Waals surface area (Å²) in [5.74, 6) is 0.231. The van der Waals surface area contributed by atoms with Crippen LogP contribution in [-0.4, -0.2) is 49.7 Å². The van der Waals surface area contributed by atoms with Crippen LogP contribution in [0.3, 0.4) is 0 Å². The van der Waals surface area contributed by atoms with Crippen LogP contribution in [-0.2, 0) is 9.53 Å². The van der Waals surface area contributed by atoms with Gasteiger partial charge in [0.25, 0.3) is 0 Å². The van der Waals surface area contributed by atoms with E-state index in [1.165, 1.54) is 6.42 Å². The highest BCUT2D eigenvalue weighted by atomic mass is 16.5. The topological polar surface area (TPSA) is 79.9 Å². The molecule has 1 aromatic carbocycles. The van der Waals surface area contributed by atoms with Crippen LogP contribution in [0.1, 0.15) is 44.7 Å². The molecule has 1 atom stereocenters. The molecular formula is C21H29N3O4. The van der Waals surface area contributed by atoms with E-state index >= 15 is 0 Å². The molecule has 7 heteroatoms. The van der Waals surface area contributed by atoms with Gasteiger partial charge >= 0.3 is 12.0 Å². The van der Waals surface area contributed by atoms with Crippen LogP contribution in [0.5, 0.6) is 5.75 Å². The van der Waals surface area contributed by atoms with Crippen molar-refractivity contribution in [3.63, 3.8) is 0 Å². The van der Waals surface area contributed by atoms with Crippen LogP contribution in [0.25, 0.3) is 0 Å². The number of carbonyl (C=O) groups is 2. The number of likely N-dealkylation sites (tertiary alicyclic amines) is 1. The third kappa shape index (κ3) is 4.65. The van der Waals surface area contributed by atoms with E-state index in [0.29, 0.717) is 30.2 Å². The van der Waals surface area contributed by atoms with Crippen molar-refractivity contribution in [1.29, 1.82) is 0 Å². The lowest BCUT2D eigenvalue weighted by Gasteiger charge is -2.33. The molecule has 28 heavy (non-hydrogen) atoms. The predicted octanol–water partition coefficient (Wildman–Crippen LogP) is 2.74. The summed E-state index contributed by atoms with van der Waals surface area (Å²) in [7, 11) is 0. The Labute approximate surface area is 166 Å². The average Bonchev–Trinajstić information content (AvgIpc) is 2.69. The van der Waals surface area contributed by atoms with Gasteiger partial charge in [0.2, 0.25) is 0 Å². The number of hydrogen-bond donors (Lipinski definition) is 2. The Morgan fingerprint density at radius 3 is 2.61 bits per heavy atom. The first-order valence-corrected chi connectivity index (χ1v) is 10.1. The molecule has 7 nitrogen and oxygen atoms in total. The zero-order valence-corrected chi connectivity index (χ0v) is 16.6. The van der Waals surface area contributed by atoms with Gasteiger partial charge in [0.05, 0.1) is 24.8 Å². The van der Waals surface area contributed by atoms with Crippen molar-refractivity contribution in [2.45, 2.75) is 39.2 Å². The molecule has 1 aromatic rings. The summed E-state index contributed by atoms with van der Waals surface area (Å²) in [6.07, 6.45) is 3.48. The van der Waals surface area contributed by atoms with E-state index < -0.39 is 12.0 Å². The van der Waals surface area contributed by atoms with Crippen LogP contribution in [0.2, 0.25) is 0 Å². The number of rotatable bonds is 7. The summed E-state index contributed by atoms with van der Waals surface area (Å²) in [5, 5.41) is 5.73. The Morgan fingerprint density at radius 2 is 1.89 bits per heavy atom. The lowest BCUT2D eigenvalue weighted by Crippen LogP contribution is -2.49. The Balaban J connectivity index is 2.01. The molecule has 152 valence electrons. The van der Waals surface area contributed by atoms with E-state index in [1.54, 1.807) is 6.92 Å². The zero-order chi connectivity index (χ0) is 19.9. The number of hydrogen-bond acceptors (Lipinski definition) is 5. The number of ether oxygens (including phenoxy) is 2. The Kier molecular flexibility index (Phi) is 6.92. The van der Waals surface area contributed by atoms with Crippen molar-refractivity contribution in [2.24, 2.45) is 0 Å². The number of nitrogens with one attached hydrogen (secondary N) is 2. The van der Waals surface area contributed by atoms with Crippen molar-refractivity contribution in [3.8, 4) is 5.75 Å². The molecule has 0 aliphatic carbocycles. The molecule has 2 aliphatic rings. The van der Waals surface area contributed by atoms with Crippen LogP contribution >= 0.6 is 0 Å². The first kappa shape index (κ1) is 20.2. The van der Waals surface area contributed by atoms with E-state index in [4.69, 9.17) is 9.47 Å². The number of urea groups is 1. The van der Waals surface area contributed by atoms with Gasteiger partial charge in [-0.1, -0.05) is 24.6 Å². The van der Waals surface area contributed by atoms with Gasteiger partial charge in [0.15, 0.2) is 0 Å². The van der Waals surface area contributed by atoms with Crippen molar-refractivity contribution in [1.82, 2.24) is 15.5 Å². The molecule has 0 aromatic heterocycles. The van der Waals surface area contributed by atoms with Crippen molar-refractivity contribution in [2.75, 3.05) is 32.8 Å². The molecule has 1 saturated heterocycles. The molecule has 0 spiro atoms. The number of piperidine rings is 1. The van der Waals surface area contributed by atoms with Crippen LogP contribution in [0.15, 0.2) is 35.5 Å². The SMILES string of the molecule is CCOC(=O)C1=C(CN2CCCCC2)NC(=O)NC1c1ccccc1OCC. The maximum absolute atomic E-state index is 12.9. The minimum Gasteiger partial charge on any atom is -0.494 e. The molecule has 2 amide bonds. The Bertz CT molecular complexity index is 741. The van der Waals surface area contributed by atoms with E-state index in [9.17, 15) is 9.59 Å². The minimum atomic E-state index is -0.615. The van der Waals surface area contributed by atoms with Crippen molar-refractivity contribution in [3.05, 3.63) is 41.1 Å². The Morgan fingerprint density at radius 1 is 1.14 bits per heavy atom. The summed E-state index contributed by atoms with van der Waals surface area (Å²) < 4.78 is 11.1. The first-order chi connectivity index (χ1) is 13.6. The summed E-state index contributed by atoms with van der Waals surface area (Å²) >= 11 is 0. The fraction of sp³-hybridized carbons (Fsp3) is 0.524. The number of carbonyl (C=O) groups excluding carboxylic acids is 2. The second-order valence-corrected chi connectivity index (χ2v) is 6.95. The number of nitrogens with zero attached hydrogens (tertiary/aromatic N) is 1. The van der Waals surface area contributed by atoms with Gasteiger partial charge in [-0.2, -0.15) is 0 Å². The third-order valence-corrected chi connectivity index (χ3v) is 5.01. The molecule has 3 rings (SSSR count). The summed E-state index contributed by atoms with van der Waals surface area (Å²) in [5.41, 5.74) is 1.80. The van der Waals surface area contributed by atoms with Gasteiger partial charge in [-0.05, 0) is 45.8 Å². The average molecular weight is 387 g/mol. The largest absolute Gasteiger partial charge is 0.494 e. The summed E-state index contributed by atoms with van der Waals surface area (Å²) in [6, 6.07) is 6.53. The van der Waals surface area contributed by atoms with Crippen LogP contribution < -0.4 is 15.4 Å². The highest BCUT2D eigenvalue weighted by molar-refractivity contribution is 5.95. The minimum absolute atomic E-state index is 0.271. The van der Waals surface area contributed by atoms with Crippen molar-refractivity contribution < 1.29 is 19.1 Å². The maximum atomic E-state index is 12.9. The maximum Gasteiger partial charge on any atom is 0.338 e. The second kappa shape index (κ2) is 9.59. The molecule has 0 bridgehead atoms. The van der Waals surface area contributed by atoms with E-state index in [-0.39, 0.29) is 12.6 Å². The molecule has 1 unspecified atom stereocenters. The molecule has 1 fully saturated rings. The molecule has 2 aliphatic heterocycles. The molecule has 0 radical (unpaired) electrons. The standard InChI is InChI=1S/C21H29N3O4/c1-3-27-17-11-7-6-10-15(17)19-18(20(25)28-4-2)16(22-21(26)23-19)14-24-12-8-5-9-13-24/h6-7,10-11,19H,3-5,8-9,12-14H2,1-2H3,(H2,22,23,26). The van der Waals surface area contributed by atoms with Gasteiger partial charge in [0.1, 0.15) is 5.75 Å². The predicted molar refractivity (Wildman–Crippen MR) is 106 cm³/mol. The van der Waals surface area contributed by atoms with Gasteiger partial charge in [-0.15, -0.1) is 0 Å². The highest BCUT2D eigenvalue weighted by Gasteiger charge is 2.35. The second-order valence-electron chi connectivity index (χ2n) is 6.95. The first-order valence-electron chi connectivity index (χ1n) is 10.1. The lowest BCUT2D eigenvalue weighted by molar-refractivity contribution is -0.139. The number of para-hydroxylation sites is 1. The van der Waals surface area contributed by atoms with Crippen LogP contribution in [0.4, 0.5) is 4.79 Å². The molecule has 2 N–H and O–H groups in total. The lowest BCUT2D eigenvalue weighted by atomic mass is 9.94. The van der Waals surface area contributed by atoms with Gasteiger partial charge < -0.3 is 20.1 Å². The zero-order valence-electron chi connectivity index (χ0n) is 16.6. The van der Waals surface area contributed by atoms with E-state index in [0.717, 1.165) is 31.5 Å². The number of esters is 1. The van der Waals surface area contributed by atoms with Crippen molar-refractivity contribution >= 4 is 12.0 Å². The number of amides is 2. The van der Waals surface area contributed by atoms with Crippen LogP contribution in [0, 0.1) is 0 Å². The van der Waals surface area contributed by atoms with E-state index in [2.05, 4.69) is 15.5 Å². The highest BCUT2D eigenvalue weighted by Crippen LogP contribution is 2.34. The Hall–Kier alpha value is -2.54.